The third kappa shape index (κ3) is 3.27. The lowest BCUT2D eigenvalue weighted by molar-refractivity contribution is -0.914. The molecule has 2 fully saturated rings. The summed E-state index contributed by atoms with van der Waals surface area (Å²) in [6.07, 6.45) is 0. The molecule has 2 aliphatic heterocycles. The predicted octanol–water partition coefficient (Wildman–Crippen LogP) is 0.0142. The van der Waals surface area contributed by atoms with Crippen LogP contribution in [0, 0.1) is 0 Å². The average molecular weight is 270 g/mol. The normalized spacial score (nSPS) is 28.7. The van der Waals surface area contributed by atoms with Gasteiger partial charge in [-0.25, -0.2) is 0 Å². The van der Waals surface area contributed by atoms with E-state index in [1.165, 1.54) is 0 Å². The summed E-state index contributed by atoms with van der Waals surface area (Å²) >= 11 is 0. The van der Waals surface area contributed by atoms with Gasteiger partial charge in [0.2, 0.25) is 0 Å². The zero-order valence-electron chi connectivity index (χ0n) is 12.8. The summed E-state index contributed by atoms with van der Waals surface area (Å²) in [7, 11) is 4.27. The molecule has 5 heteroatoms. The predicted molar refractivity (Wildman–Crippen MR) is 74.9 cm³/mol. The highest BCUT2D eigenvalue weighted by Crippen LogP contribution is 2.17. The van der Waals surface area contributed by atoms with E-state index in [4.69, 9.17) is 4.74 Å². The zero-order chi connectivity index (χ0) is 14.0. The number of morpholine rings is 1. The molecule has 0 aromatic carbocycles. The van der Waals surface area contributed by atoms with Crippen molar-refractivity contribution in [3.63, 3.8) is 0 Å². The maximum absolute atomic E-state index is 12.7. The van der Waals surface area contributed by atoms with Crippen molar-refractivity contribution in [1.82, 2.24) is 9.80 Å². The molecule has 1 atom stereocenters. The number of amides is 1. The molecule has 110 valence electrons. The minimum absolute atomic E-state index is 0.0284. The molecule has 0 aromatic heterocycles. The molecule has 5 nitrogen and oxygen atoms in total. The molecule has 0 spiro atoms. The lowest BCUT2D eigenvalue weighted by Crippen LogP contribution is -2.64. The molecule has 2 heterocycles. The summed E-state index contributed by atoms with van der Waals surface area (Å²) in [5.74, 6) is 0.271. The van der Waals surface area contributed by atoms with Gasteiger partial charge in [-0.1, -0.05) is 0 Å². The molecular formula is C14H28N3O2+. The van der Waals surface area contributed by atoms with Gasteiger partial charge in [0.15, 0.2) is 6.04 Å². The van der Waals surface area contributed by atoms with E-state index in [9.17, 15) is 4.79 Å². The van der Waals surface area contributed by atoms with E-state index in [1.54, 1.807) is 0 Å². The Morgan fingerprint density at radius 1 is 1.21 bits per heavy atom. The largest absolute Gasteiger partial charge is 0.369 e. The van der Waals surface area contributed by atoms with Crippen LogP contribution in [0.3, 0.4) is 0 Å². The Morgan fingerprint density at radius 2 is 1.84 bits per heavy atom. The summed E-state index contributed by atoms with van der Waals surface area (Å²) in [5, 5.41) is 0. The van der Waals surface area contributed by atoms with Crippen LogP contribution in [0.15, 0.2) is 0 Å². The number of ether oxygens (including phenoxy) is 1. The van der Waals surface area contributed by atoms with Crippen LogP contribution < -0.4 is 0 Å². The van der Waals surface area contributed by atoms with Crippen molar-refractivity contribution < 1.29 is 14.0 Å². The highest BCUT2D eigenvalue weighted by atomic mass is 16.5. The molecule has 0 aromatic rings. The second-order valence-corrected chi connectivity index (χ2v) is 6.55. The van der Waals surface area contributed by atoms with E-state index >= 15 is 0 Å². The lowest BCUT2D eigenvalue weighted by Gasteiger charge is -2.44. The first-order chi connectivity index (χ1) is 8.92. The van der Waals surface area contributed by atoms with E-state index in [-0.39, 0.29) is 11.9 Å². The Kier molecular flexibility index (Phi) is 4.48. The first-order valence-electron chi connectivity index (χ1n) is 7.35. The number of carbonyl (C=O) groups is 1. The van der Waals surface area contributed by atoms with Crippen LogP contribution in [0.5, 0.6) is 0 Å². The van der Waals surface area contributed by atoms with Gasteiger partial charge in [-0.05, 0) is 13.8 Å². The Labute approximate surface area is 116 Å². The number of rotatable bonds is 2. The molecule has 2 aliphatic rings. The van der Waals surface area contributed by atoms with Gasteiger partial charge < -0.3 is 14.1 Å². The highest BCUT2D eigenvalue weighted by molar-refractivity contribution is 5.81. The number of hydrogen-bond donors (Lipinski definition) is 0. The molecule has 0 saturated carbocycles. The Morgan fingerprint density at radius 3 is 2.37 bits per heavy atom. The molecular weight excluding hydrogens is 242 g/mol. The summed E-state index contributed by atoms with van der Waals surface area (Å²) in [5.41, 5.74) is 0. The van der Waals surface area contributed by atoms with Crippen LogP contribution in [0.1, 0.15) is 13.8 Å². The quantitative estimate of drug-likeness (QED) is 0.663. The molecule has 2 rings (SSSR count). The number of piperazine rings is 1. The van der Waals surface area contributed by atoms with Crippen molar-refractivity contribution in [1.29, 1.82) is 0 Å². The van der Waals surface area contributed by atoms with Crippen molar-refractivity contribution in [3.8, 4) is 0 Å². The number of nitrogens with zero attached hydrogens (tertiary/aromatic N) is 3. The second-order valence-electron chi connectivity index (χ2n) is 6.55. The van der Waals surface area contributed by atoms with E-state index in [1.807, 2.05) is 4.90 Å². The SMILES string of the molecule is CC(C)N1CCN(C(=O)[C@@H]2COCC[N+]2(C)C)CC1. The minimum Gasteiger partial charge on any atom is -0.369 e. The van der Waals surface area contributed by atoms with Crippen LogP contribution in [0.4, 0.5) is 0 Å². The van der Waals surface area contributed by atoms with Crippen molar-refractivity contribution in [2.75, 3.05) is 60.0 Å². The smallest absolute Gasteiger partial charge is 0.283 e. The standard InChI is InChI=1S/C14H28N3O2/c1-12(2)15-5-7-16(8-6-15)14(18)13-11-19-10-9-17(13,3)4/h12-13H,5-11H2,1-4H3/q+1/t13-/m0/s1. The van der Waals surface area contributed by atoms with Crippen LogP contribution in [-0.4, -0.2) is 92.3 Å². The monoisotopic (exact) mass is 270 g/mol. The maximum Gasteiger partial charge on any atom is 0.283 e. The van der Waals surface area contributed by atoms with Gasteiger partial charge in [-0.15, -0.1) is 0 Å². The fourth-order valence-electron chi connectivity index (χ4n) is 2.89. The summed E-state index contributed by atoms with van der Waals surface area (Å²) in [6.45, 7) is 10.4. The van der Waals surface area contributed by atoms with E-state index < -0.39 is 0 Å². The molecule has 0 bridgehead atoms. The third-order valence-electron chi connectivity index (χ3n) is 4.57. The van der Waals surface area contributed by atoms with Gasteiger partial charge in [-0.3, -0.25) is 9.69 Å². The number of likely N-dealkylation sites (N-methyl/N-ethyl adjacent to an activating group) is 1. The fraction of sp³-hybridized carbons (Fsp3) is 0.929. The molecule has 0 N–H and O–H groups in total. The zero-order valence-corrected chi connectivity index (χ0v) is 12.8. The van der Waals surface area contributed by atoms with Crippen molar-refractivity contribution in [3.05, 3.63) is 0 Å². The van der Waals surface area contributed by atoms with Crippen LogP contribution in [0.25, 0.3) is 0 Å². The maximum atomic E-state index is 12.7. The van der Waals surface area contributed by atoms with Gasteiger partial charge in [0.1, 0.15) is 13.2 Å². The molecule has 0 radical (unpaired) electrons. The molecule has 2 saturated heterocycles. The first-order valence-corrected chi connectivity index (χ1v) is 7.35. The van der Waals surface area contributed by atoms with Crippen LogP contribution in [0.2, 0.25) is 0 Å². The third-order valence-corrected chi connectivity index (χ3v) is 4.57. The van der Waals surface area contributed by atoms with E-state index in [2.05, 4.69) is 32.8 Å². The Bertz CT molecular complexity index is 323. The summed E-state index contributed by atoms with van der Waals surface area (Å²) < 4.78 is 6.27. The Hall–Kier alpha value is -0.650. The lowest BCUT2D eigenvalue weighted by atomic mass is 10.1. The van der Waals surface area contributed by atoms with E-state index in [0.29, 0.717) is 12.6 Å². The Balaban J connectivity index is 1.93. The highest BCUT2D eigenvalue weighted by Gasteiger charge is 2.41. The number of quaternary nitrogens is 1. The van der Waals surface area contributed by atoms with Crippen molar-refractivity contribution >= 4 is 5.91 Å². The first kappa shape index (κ1) is 14.8. The van der Waals surface area contributed by atoms with Gasteiger partial charge in [0.25, 0.3) is 5.91 Å². The van der Waals surface area contributed by atoms with Gasteiger partial charge >= 0.3 is 0 Å². The molecule has 0 unspecified atom stereocenters. The number of hydrogen-bond acceptors (Lipinski definition) is 3. The minimum atomic E-state index is -0.0284. The molecule has 0 aliphatic carbocycles. The molecule has 1 amide bonds. The van der Waals surface area contributed by atoms with Crippen LogP contribution in [-0.2, 0) is 9.53 Å². The average Bonchev–Trinajstić information content (AvgIpc) is 2.37. The summed E-state index contributed by atoms with van der Waals surface area (Å²) in [6, 6.07) is 0.543. The second kappa shape index (κ2) is 5.77. The van der Waals surface area contributed by atoms with Crippen LogP contribution >= 0.6 is 0 Å². The summed E-state index contributed by atoms with van der Waals surface area (Å²) in [4.78, 5) is 17.1. The molecule has 19 heavy (non-hydrogen) atoms. The fourth-order valence-corrected chi connectivity index (χ4v) is 2.89. The van der Waals surface area contributed by atoms with Crippen molar-refractivity contribution in [2.24, 2.45) is 0 Å². The van der Waals surface area contributed by atoms with E-state index in [0.717, 1.165) is 43.8 Å². The topological polar surface area (TPSA) is 32.8 Å². The van der Waals surface area contributed by atoms with Gasteiger partial charge in [0.05, 0.1) is 20.7 Å². The van der Waals surface area contributed by atoms with Gasteiger partial charge in [0, 0.05) is 32.2 Å². The van der Waals surface area contributed by atoms with Crippen molar-refractivity contribution in [2.45, 2.75) is 25.9 Å². The van der Waals surface area contributed by atoms with Gasteiger partial charge in [-0.2, -0.15) is 0 Å². The number of carbonyl (C=O) groups excluding carboxylic acids is 1.